The monoisotopic (exact) mass is 505 g/mol. The third kappa shape index (κ3) is 8.06. The third-order valence-electron chi connectivity index (χ3n) is 5.81. The number of carbonyl (C=O) groups is 2. The average Bonchev–Trinajstić information content (AvgIpc) is 2.81. The molecule has 0 aliphatic heterocycles. The van der Waals surface area contributed by atoms with Gasteiger partial charge in [0.15, 0.2) is 0 Å². The van der Waals surface area contributed by atoms with Gasteiger partial charge in [0.05, 0.1) is 11.9 Å². The van der Waals surface area contributed by atoms with Gasteiger partial charge >= 0.3 is 0 Å². The zero-order valence-corrected chi connectivity index (χ0v) is 21.8. The van der Waals surface area contributed by atoms with Crippen LogP contribution in [0.3, 0.4) is 0 Å². The summed E-state index contributed by atoms with van der Waals surface area (Å²) in [6.07, 6.45) is 2.43. The van der Waals surface area contributed by atoms with Crippen LogP contribution in [0.1, 0.15) is 50.7 Å². The highest BCUT2D eigenvalue weighted by molar-refractivity contribution is 7.92. The summed E-state index contributed by atoms with van der Waals surface area (Å²) < 4.78 is 39.9. The molecule has 2 aromatic carbocycles. The van der Waals surface area contributed by atoms with Crippen LogP contribution in [0.15, 0.2) is 48.5 Å². The van der Waals surface area contributed by atoms with Crippen molar-refractivity contribution < 1.29 is 22.4 Å². The van der Waals surface area contributed by atoms with Crippen LogP contribution in [0.5, 0.6) is 0 Å². The van der Waals surface area contributed by atoms with Crippen molar-refractivity contribution in [1.29, 1.82) is 0 Å². The van der Waals surface area contributed by atoms with E-state index >= 15 is 0 Å². The Morgan fingerprint density at radius 1 is 1.06 bits per heavy atom. The number of para-hydroxylation sites is 1. The number of sulfonamides is 1. The number of nitrogens with one attached hydrogen (secondary N) is 1. The molecular formula is C26H36FN3O4S. The molecule has 2 aromatic rings. The van der Waals surface area contributed by atoms with Gasteiger partial charge in [-0.05, 0) is 49.4 Å². The Morgan fingerprint density at radius 2 is 1.71 bits per heavy atom. The largest absolute Gasteiger partial charge is 0.354 e. The number of hydrogen-bond donors (Lipinski definition) is 1. The van der Waals surface area contributed by atoms with E-state index in [0.717, 1.165) is 28.1 Å². The van der Waals surface area contributed by atoms with E-state index in [-0.39, 0.29) is 43.4 Å². The zero-order chi connectivity index (χ0) is 26.0. The van der Waals surface area contributed by atoms with E-state index in [2.05, 4.69) is 5.32 Å². The number of hydrogen-bond acceptors (Lipinski definition) is 4. The fraction of sp³-hybridized carbons (Fsp3) is 0.462. The van der Waals surface area contributed by atoms with Crippen molar-refractivity contribution in [2.45, 2.75) is 59.0 Å². The molecule has 1 atom stereocenters. The number of nitrogens with zero attached hydrogens (tertiary/aromatic N) is 2. The van der Waals surface area contributed by atoms with Crippen molar-refractivity contribution in [3.63, 3.8) is 0 Å². The summed E-state index contributed by atoms with van der Waals surface area (Å²) in [5.74, 6) is -1.11. The van der Waals surface area contributed by atoms with E-state index in [1.54, 1.807) is 11.0 Å². The van der Waals surface area contributed by atoms with Crippen LogP contribution in [0.4, 0.5) is 10.1 Å². The zero-order valence-electron chi connectivity index (χ0n) is 21.0. The molecule has 0 heterocycles. The minimum Gasteiger partial charge on any atom is -0.354 e. The Hall–Kier alpha value is -2.94. The molecular weight excluding hydrogens is 469 g/mol. The highest BCUT2D eigenvalue weighted by atomic mass is 32.2. The summed E-state index contributed by atoms with van der Waals surface area (Å²) in [4.78, 5) is 27.8. The first-order chi connectivity index (χ1) is 16.6. The molecule has 9 heteroatoms. The standard InChI is InChI=1S/C26H36FN3O4S/c1-5-17-28-26(32)23(6-2)29(19-21-13-8-7-12-20(21)3)25(31)16-11-18-30(35(4,33)34)24-15-10-9-14-22(24)27/h7-10,12-15,23H,5-6,11,16-19H2,1-4H3,(H,28,32). The van der Waals surface area contributed by atoms with E-state index in [9.17, 15) is 22.4 Å². The molecule has 192 valence electrons. The number of rotatable bonds is 13. The van der Waals surface area contributed by atoms with Gasteiger partial charge in [0.1, 0.15) is 11.9 Å². The summed E-state index contributed by atoms with van der Waals surface area (Å²) in [7, 11) is -3.75. The van der Waals surface area contributed by atoms with Gasteiger partial charge in [-0.3, -0.25) is 13.9 Å². The van der Waals surface area contributed by atoms with Gasteiger partial charge < -0.3 is 10.2 Å². The second-order valence-corrected chi connectivity index (χ2v) is 10.5. The Bertz CT molecular complexity index is 1110. The minimum absolute atomic E-state index is 0.0178. The lowest BCUT2D eigenvalue weighted by atomic mass is 10.1. The Labute approximate surface area is 208 Å². The summed E-state index contributed by atoms with van der Waals surface area (Å²) in [5.41, 5.74) is 1.90. The molecule has 1 N–H and O–H groups in total. The molecule has 7 nitrogen and oxygen atoms in total. The van der Waals surface area contributed by atoms with Gasteiger partial charge in [-0.15, -0.1) is 0 Å². The maximum absolute atomic E-state index is 14.3. The Kier molecular flexibility index (Phi) is 10.7. The average molecular weight is 506 g/mol. The first-order valence-corrected chi connectivity index (χ1v) is 13.8. The van der Waals surface area contributed by atoms with Crippen molar-refractivity contribution >= 4 is 27.5 Å². The second kappa shape index (κ2) is 13.2. The number of benzene rings is 2. The number of aryl methyl sites for hydroxylation is 1. The molecule has 0 radical (unpaired) electrons. The number of anilines is 1. The number of halogens is 1. The lowest BCUT2D eigenvalue weighted by molar-refractivity contribution is -0.141. The first kappa shape index (κ1) is 28.3. The molecule has 0 fully saturated rings. The van der Waals surface area contributed by atoms with Crippen LogP contribution in [-0.4, -0.2) is 50.5 Å². The van der Waals surface area contributed by atoms with Gasteiger partial charge in [-0.2, -0.15) is 0 Å². The highest BCUT2D eigenvalue weighted by Crippen LogP contribution is 2.23. The summed E-state index contributed by atoms with van der Waals surface area (Å²) in [6, 6.07) is 12.7. The molecule has 0 aliphatic rings. The first-order valence-electron chi connectivity index (χ1n) is 11.9. The fourth-order valence-electron chi connectivity index (χ4n) is 3.89. The summed E-state index contributed by atoms with van der Waals surface area (Å²) >= 11 is 0. The van der Waals surface area contributed by atoms with Crippen molar-refractivity contribution in [3.05, 3.63) is 65.5 Å². The van der Waals surface area contributed by atoms with E-state index in [1.807, 2.05) is 45.0 Å². The molecule has 0 saturated carbocycles. The van der Waals surface area contributed by atoms with Gasteiger partial charge in [-0.25, -0.2) is 12.8 Å². The lowest BCUT2D eigenvalue weighted by Gasteiger charge is -2.31. The quantitative estimate of drug-likeness (QED) is 0.446. The van der Waals surface area contributed by atoms with Crippen molar-refractivity contribution in [2.24, 2.45) is 0 Å². The molecule has 0 bridgehead atoms. The highest BCUT2D eigenvalue weighted by Gasteiger charge is 2.29. The minimum atomic E-state index is -3.75. The van der Waals surface area contributed by atoms with Gasteiger partial charge in [-0.1, -0.05) is 50.2 Å². The maximum Gasteiger partial charge on any atom is 0.242 e. The normalized spacial score (nSPS) is 12.1. The summed E-state index contributed by atoms with van der Waals surface area (Å²) in [6.45, 7) is 6.51. The molecule has 0 aliphatic carbocycles. The van der Waals surface area contributed by atoms with Gasteiger partial charge in [0, 0.05) is 26.1 Å². The van der Waals surface area contributed by atoms with E-state index in [0.29, 0.717) is 13.0 Å². The van der Waals surface area contributed by atoms with E-state index < -0.39 is 21.9 Å². The fourth-order valence-corrected chi connectivity index (χ4v) is 4.86. The molecule has 0 spiro atoms. The molecule has 0 aromatic heterocycles. The Morgan fingerprint density at radius 3 is 2.31 bits per heavy atom. The summed E-state index contributed by atoms with van der Waals surface area (Å²) in [5, 5.41) is 2.88. The third-order valence-corrected chi connectivity index (χ3v) is 6.99. The van der Waals surface area contributed by atoms with Crippen LogP contribution in [0.2, 0.25) is 0 Å². The molecule has 2 amide bonds. The smallest absolute Gasteiger partial charge is 0.242 e. The van der Waals surface area contributed by atoms with Gasteiger partial charge in [0.25, 0.3) is 0 Å². The van der Waals surface area contributed by atoms with Crippen LogP contribution >= 0.6 is 0 Å². The van der Waals surface area contributed by atoms with Crippen LogP contribution in [0, 0.1) is 12.7 Å². The predicted molar refractivity (Wildman–Crippen MR) is 137 cm³/mol. The Balaban J connectivity index is 2.22. The van der Waals surface area contributed by atoms with Crippen molar-refractivity contribution in [3.8, 4) is 0 Å². The molecule has 1 unspecified atom stereocenters. The number of carbonyl (C=O) groups excluding carboxylic acids is 2. The SMILES string of the molecule is CCCNC(=O)C(CC)N(Cc1ccccc1C)C(=O)CCCN(c1ccccc1F)S(C)(=O)=O. The topological polar surface area (TPSA) is 86.8 Å². The van der Waals surface area contributed by atoms with E-state index in [4.69, 9.17) is 0 Å². The van der Waals surface area contributed by atoms with Crippen LogP contribution in [-0.2, 0) is 26.2 Å². The maximum atomic E-state index is 14.3. The van der Waals surface area contributed by atoms with Crippen LogP contribution < -0.4 is 9.62 Å². The van der Waals surface area contributed by atoms with Crippen molar-refractivity contribution in [2.75, 3.05) is 23.7 Å². The van der Waals surface area contributed by atoms with Crippen LogP contribution in [0.25, 0.3) is 0 Å². The second-order valence-electron chi connectivity index (χ2n) is 8.55. The predicted octanol–water partition coefficient (Wildman–Crippen LogP) is 4.01. The molecule has 0 saturated heterocycles. The van der Waals surface area contributed by atoms with Gasteiger partial charge in [0.2, 0.25) is 21.8 Å². The molecule has 2 rings (SSSR count). The lowest BCUT2D eigenvalue weighted by Crippen LogP contribution is -2.49. The van der Waals surface area contributed by atoms with E-state index in [1.165, 1.54) is 18.2 Å². The molecule has 35 heavy (non-hydrogen) atoms. The number of amides is 2. The van der Waals surface area contributed by atoms with Crippen molar-refractivity contribution in [1.82, 2.24) is 10.2 Å².